The predicted molar refractivity (Wildman–Crippen MR) is 392 cm³/mol. The molecule has 0 bridgehead atoms. The van der Waals surface area contributed by atoms with Crippen LogP contribution in [0.2, 0.25) is 0 Å². The lowest BCUT2D eigenvalue weighted by molar-refractivity contribution is 0.118. The lowest BCUT2D eigenvalue weighted by Crippen LogP contribution is -2.44. The quantitative estimate of drug-likeness (QED) is 0.0825. The second kappa shape index (κ2) is 26.9. The summed E-state index contributed by atoms with van der Waals surface area (Å²) in [5.41, 5.74) is 12.7. The Morgan fingerprint density at radius 2 is 1.25 bits per heavy atom. The highest BCUT2D eigenvalue weighted by Crippen LogP contribution is 2.68. The van der Waals surface area contributed by atoms with Crippen molar-refractivity contribution in [2.45, 2.75) is 164 Å². The molecule has 0 saturated carbocycles. The van der Waals surface area contributed by atoms with E-state index in [2.05, 4.69) is 163 Å². The number of anilines is 4. The molecule has 16 atom stereocenters. The molecule has 4 aromatic carbocycles. The highest BCUT2D eigenvalue weighted by atomic mass is 19.2. The molecule has 11 heteroatoms. The highest BCUT2D eigenvalue weighted by Gasteiger charge is 2.59. The van der Waals surface area contributed by atoms with Crippen LogP contribution in [-0.4, -0.2) is 36.7 Å². The minimum Gasteiger partial charge on any atom is -0.489 e. The van der Waals surface area contributed by atoms with Crippen LogP contribution in [-0.2, 0) is 14.9 Å². The first kappa shape index (κ1) is 65.6. The first-order valence-electron chi connectivity index (χ1n) is 37.4. The molecule has 0 fully saturated rings. The Bertz CT molecular complexity index is 4470. The van der Waals surface area contributed by atoms with Gasteiger partial charge in [0.05, 0.1) is 6.04 Å². The third kappa shape index (κ3) is 11.5. The number of rotatable bonds is 16. The Balaban J connectivity index is 0.708. The monoisotopic (exact) mass is 1360 g/mol. The molecule has 1 heterocycles. The van der Waals surface area contributed by atoms with Crippen LogP contribution in [0.4, 0.5) is 49.1 Å². The number of hydrogen-bond acceptors (Lipinski definition) is 5. The van der Waals surface area contributed by atoms with Gasteiger partial charge in [-0.25, -0.2) is 26.3 Å². The van der Waals surface area contributed by atoms with E-state index < -0.39 is 46.4 Å². The fourth-order valence-corrected chi connectivity index (χ4v) is 20.5. The standard InChI is InChI=1S/C90H88F6N2O3/c1-3-55-13-35-69(36-14-55)99-71-39-21-59(22-40-71)89(57-17-25-61(91)26-18-57)79-11-7-5-9-73(79)75-43-29-63(49-81(75)89)97(65-33-47-83(93)85(95)51-65)67-31-45-77-78-46-32-68(54-88(78)101-87(77)53-67)98(66-34-48-84(94)86(96)52-66)64-30-44-76-74-10-6-8-12-80(74)90(82(76)50-64,58-19-27-62(92)28-20-58)60-23-41-72(42-24-60)100-70-37-15-56(4-2)16-38-70/h3-5,9,13,15,17-19,21,23,25,27,30-37,39,41-42,44-53,55-56,58-62,68,70-71,75,78,81,88H,1-2,6-8,10-12,14,16,20,22,24,26,28-29,38,40,43,54H2. The van der Waals surface area contributed by atoms with Gasteiger partial charge < -0.3 is 24.0 Å². The lowest BCUT2D eigenvalue weighted by atomic mass is 9.55. The third-order valence-electron chi connectivity index (χ3n) is 25.0. The minimum atomic E-state index is -1.07. The van der Waals surface area contributed by atoms with E-state index in [9.17, 15) is 0 Å². The molecule has 12 aliphatic carbocycles. The molecule has 17 rings (SSSR count). The van der Waals surface area contributed by atoms with Crippen molar-refractivity contribution in [1.29, 1.82) is 0 Å². The van der Waals surface area contributed by atoms with Crippen LogP contribution in [0.3, 0.4) is 0 Å². The number of fused-ring (bicyclic) bond motifs is 7. The highest BCUT2D eigenvalue weighted by molar-refractivity contribution is 5.85. The minimum absolute atomic E-state index is 0.00497. The maximum Gasteiger partial charge on any atom is 0.160 e. The summed E-state index contributed by atoms with van der Waals surface area (Å²) in [7, 11) is 0. The van der Waals surface area contributed by atoms with E-state index in [-0.39, 0.29) is 59.9 Å². The third-order valence-corrected chi connectivity index (χ3v) is 25.0. The topological polar surface area (TPSA) is 34.2 Å². The summed E-state index contributed by atoms with van der Waals surface area (Å²) in [5, 5.41) is 0. The van der Waals surface area contributed by atoms with E-state index in [1.165, 1.54) is 57.7 Å². The first-order valence-corrected chi connectivity index (χ1v) is 37.4. The van der Waals surface area contributed by atoms with Gasteiger partial charge in [-0.3, -0.25) is 0 Å². The Hall–Kier alpha value is -8.70. The molecular formula is C90H88F6N2O3. The average molecular weight is 1360 g/mol. The average Bonchev–Trinajstić information content (AvgIpc) is 1.56. The van der Waals surface area contributed by atoms with E-state index in [0.29, 0.717) is 61.1 Å². The number of alkyl halides is 2. The molecular weight excluding hydrogens is 1270 g/mol. The molecule has 1 aliphatic heterocycles. The molecule has 0 saturated heterocycles. The molecule has 0 spiro atoms. The van der Waals surface area contributed by atoms with Gasteiger partial charge in [0.25, 0.3) is 0 Å². The maximum absolute atomic E-state index is 15.9. The Kier molecular flexibility index (Phi) is 17.5. The van der Waals surface area contributed by atoms with Gasteiger partial charge in [-0.2, -0.15) is 0 Å². The van der Waals surface area contributed by atoms with Crippen LogP contribution in [0.15, 0.2) is 259 Å². The van der Waals surface area contributed by atoms with Crippen molar-refractivity contribution in [3.8, 4) is 5.75 Å². The van der Waals surface area contributed by atoms with Crippen molar-refractivity contribution in [2.75, 3.05) is 9.80 Å². The second-order valence-corrected chi connectivity index (χ2v) is 30.3. The van der Waals surface area contributed by atoms with Crippen LogP contribution in [0, 0.1) is 70.1 Å². The summed E-state index contributed by atoms with van der Waals surface area (Å²) in [6.45, 7) is 7.98. The van der Waals surface area contributed by atoms with E-state index in [1.54, 1.807) is 24.3 Å². The number of allylic oxidation sites excluding steroid dienone is 24. The molecule has 518 valence electrons. The first-order chi connectivity index (χ1) is 49.3. The van der Waals surface area contributed by atoms with Gasteiger partial charge in [-0.1, -0.05) is 120 Å². The van der Waals surface area contributed by atoms with Crippen molar-refractivity contribution in [3.05, 3.63) is 299 Å². The van der Waals surface area contributed by atoms with Crippen LogP contribution in [0.1, 0.15) is 138 Å². The zero-order valence-electron chi connectivity index (χ0n) is 57.2. The van der Waals surface area contributed by atoms with Gasteiger partial charge >= 0.3 is 0 Å². The van der Waals surface area contributed by atoms with Crippen molar-refractivity contribution in [2.24, 2.45) is 46.8 Å². The zero-order valence-corrected chi connectivity index (χ0v) is 57.2. The molecule has 0 amide bonds. The van der Waals surface area contributed by atoms with E-state index in [0.717, 1.165) is 123 Å². The Morgan fingerprint density at radius 1 is 0.535 bits per heavy atom. The predicted octanol–water partition coefficient (Wildman–Crippen LogP) is 23.1. The SMILES string of the molecule is C=CC1C=CC(OC2C=CC(C3(C4=CCC(F)C=C4)C4=C(C=CCC4)C4CCC(N(c5ccc(F)c(F)c5)c5ccc6c(c5)OC5CC(N(c7ccc(F)c(F)c7)c7ccc8c(c7)C(C7C=CC(OC9C=CC(C=C)CC9)=CC7)(C7C=CC(F)CC7)C7=C8CCCC7)C=CC65)=CC43)CC2)=CC1. The fourth-order valence-electron chi connectivity index (χ4n) is 20.5. The number of ether oxygens (including phenoxy) is 3. The summed E-state index contributed by atoms with van der Waals surface area (Å²) in [5.74, 6) is -0.627. The van der Waals surface area contributed by atoms with Crippen LogP contribution in [0.5, 0.6) is 5.75 Å². The Morgan fingerprint density at radius 3 is 1.96 bits per heavy atom. The second-order valence-electron chi connectivity index (χ2n) is 30.3. The van der Waals surface area contributed by atoms with Gasteiger partial charge in [0, 0.05) is 81.8 Å². The van der Waals surface area contributed by atoms with Gasteiger partial charge in [0.15, 0.2) is 23.3 Å². The van der Waals surface area contributed by atoms with Gasteiger partial charge in [-0.15, -0.1) is 13.2 Å². The number of halogens is 6. The van der Waals surface area contributed by atoms with Crippen molar-refractivity contribution in [3.63, 3.8) is 0 Å². The fraction of sp³-hybridized carbons (Fsp3) is 0.378. The zero-order chi connectivity index (χ0) is 68.7. The smallest absolute Gasteiger partial charge is 0.160 e. The summed E-state index contributed by atoms with van der Waals surface area (Å²) in [6.07, 6.45) is 59.2. The van der Waals surface area contributed by atoms with Crippen LogP contribution < -0.4 is 14.5 Å². The van der Waals surface area contributed by atoms with Crippen LogP contribution >= 0.6 is 0 Å². The normalized spacial score (nSPS) is 33.2. The molecule has 0 aromatic heterocycles. The summed E-state index contributed by atoms with van der Waals surface area (Å²) in [4.78, 5) is 4.24. The molecule has 4 aromatic rings. The molecule has 101 heavy (non-hydrogen) atoms. The summed E-state index contributed by atoms with van der Waals surface area (Å²) in [6, 6.07) is 20.9. The number of nitrogens with zero attached hydrogens (tertiary/aromatic N) is 2. The summed E-state index contributed by atoms with van der Waals surface area (Å²) < 4.78 is 114. The maximum atomic E-state index is 15.9. The van der Waals surface area contributed by atoms with Crippen molar-refractivity contribution < 1.29 is 40.6 Å². The van der Waals surface area contributed by atoms with Crippen molar-refractivity contribution >= 4 is 28.3 Å². The van der Waals surface area contributed by atoms with Crippen LogP contribution in [0.25, 0.3) is 5.57 Å². The van der Waals surface area contributed by atoms with E-state index in [4.69, 9.17) is 14.2 Å². The van der Waals surface area contributed by atoms with Crippen molar-refractivity contribution in [1.82, 2.24) is 0 Å². The number of benzene rings is 4. The molecule has 13 aliphatic rings. The molecule has 0 N–H and O–H groups in total. The lowest BCUT2D eigenvalue weighted by Gasteiger charge is -2.49. The largest absolute Gasteiger partial charge is 0.489 e. The van der Waals surface area contributed by atoms with Gasteiger partial charge in [0.1, 0.15) is 47.9 Å². The molecule has 5 nitrogen and oxygen atoms in total. The van der Waals surface area contributed by atoms with E-state index in [1.807, 2.05) is 18.2 Å². The molecule has 0 radical (unpaired) electrons. The summed E-state index contributed by atoms with van der Waals surface area (Å²) >= 11 is 0. The van der Waals surface area contributed by atoms with Gasteiger partial charge in [0.2, 0.25) is 0 Å². The van der Waals surface area contributed by atoms with E-state index >= 15 is 26.3 Å². The Labute approximate surface area is 590 Å². The number of hydrogen-bond donors (Lipinski definition) is 0. The molecule has 16 unspecified atom stereocenters. The van der Waals surface area contributed by atoms with Gasteiger partial charge in [-0.05, 0) is 251 Å².